The van der Waals surface area contributed by atoms with E-state index in [2.05, 4.69) is 16.8 Å². The summed E-state index contributed by atoms with van der Waals surface area (Å²) >= 11 is 5.23. The van der Waals surface area contributed by atoms with E-state index in [0.29, 0.717) is 46.3 Å². The first-order chi connectivity index (χ1) is 17.9. The molecular weight excluding hydrogens is 494 g/mol. The summed E-state index contributed by atoms with van der Waals surface area (Å²) in [5, 5.41) is 7.73. The first kappa shape index (κ1) is 24.5. The molecular formula is C27H27ClN5O4+. The van der Waals surface area contributed by atoms with Gasteiger partial charge in [0.2, 0.25) is 10.9 Å². The van der Waals surface area contributed by atoms with E-state index in [1.165, 1.54) is 6.08 Å². The molecule has 1 aliphatic heterocycles. The zero-order valence-electron chi connectivity index (χ0n) is 20.3. The number of ether oxygens (including phenoxy) is 2. The van der Waals surface area contributed by atoms with E-state index in [0.717, 1.165) is 24.0 Å². The Morgan fingerprint density at radius 2 is 2.11 bits per heavy atom. The Bertz CT molecular complexity index is 1560. The minimum absolute atomic E-state index is 0.105. The molecule has 2 aromatic carbocycles. The van der Waals surface area contributed by atoms with E-state index in [1.807, 2.05) is 41.1 Å². The topological polar surface area (TPSA) is 115 Å². The fourth-order valence-corrected chi connectivity index (χ4v) is 5.03. The Hall–Kier alpha value is -4.24. The zero-order valence-corrected chi connectivity index (χ0v) is 21.1. The molecule has 1 saturated heterocycles. The highest BCUT2D eigenvalue weighted by Gasteiger charge is 2.27. The number of aromatic nitrogens is 3. The Morgan fingerprint density at radius 1 is 1.27 bits per heavy atom. The predicted octanol–water partition coefficient (Wildman–Crippen LogP) is 3.82. The number of amides is 1. The van der Waals surface area contributed by atoms with E-state index in [4.69, 9.17) is 26.8 Å². The molecule has 1 unspecified atom stereocenters. The summed E-state index contributed by atoms with van der Waals surface area (Å²) in [7, 11) is 1.56. The number of aromatic amines is 1. The van der Waals surface area contributed by atoms with Crippen molar-refractivity contribution in [3.05, 3.63) is 76.7 Å². The molecule has 10 heteroatoms. The van der Waals surface area contributed by atoms with E-state index in [-0.39, 0.29) is 23.3 Å². The second-order valence-electron chi connectivity index (χ2n) is 8.84. The Balaban J connectivity index is 1.59. The fourth-order valence-electron chi connectivity index (χ4n) is 4.84. The number of carbonyl (C=O) groups is 1. The summed E-state index contributed by atoms with van der Waals surface area (Å²) in [5.74, 6) is 1.71. The molecule has 0 radical (unpaired) electrons. The van der Waals surface area contributed by atoms with Gasteiger partial charge in [0.05, 0.1) is 18.5 Å². The Labute approximate surface area is 218 Å². The second-order valence-corrected chi connectivity index (χ2v) is 9.31. The van der Waals surface area contributed by atoms with Crippen LogP contribution in [0.2, 0.25) is 5.02 Å². The fraction of sp³-hybridized carbons (Fsp3) is 0.222. The van der Waals surface area contributed by atoms with Crippen LogP contribution in [0.25, 0.3) is 22.0 Å². The highest BCUT2D eigenvalue weighted by molar-refractivity contribution is 6.02. The SMILES string of the molecule is C=CC(=O)N1CCCC(n2cc(-c3ccc(Oc4cccc([ClH+])c4)c(OC)c3)c3c(N)n[nH]c(=O)c32)C1. The normalized spacial score (nSPS) is 15.5. The van der Waals surface area contributed by atoms with Crippen molar-refractivity contribution in [2.75, 3.05) is 25.9 Å². The number of nitrogens with one attached hydrogen (secondary N) is 1. The van der Waals surface area contributed by atoms with Gasteiger partial charge in [0.15, 0.2) is 28.9 Å². The highest BCUT2D eigenvalue weighted by Crippen LogP contribution is 2.40. The summed E-state index contributed by atoms with van der Waals surface area (Å²) in [5.41, 5.74) is 7.86. The van der Waals surface area contributed by atoms with Crippen LogP contribution in [0.3, 0.4) is 0 Å². The first-order valence-electron chi connectivity index (χ1n) is 11.8. The number of methoxy groups -OCH3 is 1. The summed E-state index contributed by atoms with van der Waals surface area (Å²) in [4.78, 5) is 27.0. The maximum atomic E-state index is 13.0. The van der Waals surface area contributed by atoms with Crippen LogP contribution in [-0.4, -0.2) is 45.8 Å². The number of nitrogens with two attached hydrogens (primary N) is 1. The van der Waals surface area contributed by atoms with E-state index in [9.17, 15) is 9.59 Å². The predicted molar refractivity (Wildman–Crippen MR) is 139 cm³/mol. The van der Waals surface area contributed by atoms with Crippen LogP contribution >= 0.6 is 0 Å². The third kappa shape index (κ3) is 4.65. The van der Waals surface area contributed by atoms with Crippen molar-refractivity contribution in [1.82, 2.24) is 19.7 Å². The van der Waals surface area contributed by atoms with Gasteiger partial charge in [0, 0.05) is 37.0 Å². The van der Waals surface area contributed by atoms with Crippen LogP contribution in [0.1, 0.15) is 18.9 Å². The molecule has 9 nitrogen and oxygen atoms in total. The number of fused-ring (bicyclic) bond motifs is 1. The number of hydrogen-bond donors (Lipinski definition) is 2. The number of carbonyl (C=O) groups excluding carboxylic acids is 1. The lowest BCUT2D eigenvalue weighted by Crippen LogP contribution is -2.40. The number of piperidine rings is 1. The molecule has 1 aliphatic rings. The maximum absolute atomic E-state index is 13.0. The number of benzene rings is 2. The van der Waals surface area contributed by atoms with Crippen molar-refractivity contribution >= 4 is 22.6 Å². The van der Waals surface area contributed by atoms with Crippen LogP contribution < -0.4 is 20.8 Å². The Kier molecular flexibility index (Phi) is 6.62. The second kappa shape index (κ2) is 10.0. The van der Waals surface area contributed by atoms with Gasteiger partial charge in [0.25, 0.3) is 5.56 Å². The number of halogens is 1. The summed E-state index contributed by atoms with van der Waals surface area (Å²) in [6.07, 6.45) is 4.84. The maximum Gasteiger partial charge on any atom is 0.288 e. The molecule has 1 amide bonds. The first-order valence-corrected chi connectivity index (χ1v) is 12.2. The van der Waals surface area contributed by atoms with Crippen LogP contribution in [0.4, 0.5) is 5.82 Å². The molecule has 5 rings (SSSR count). The Morgan fingerprint density at radius 3 is 2.86 bits per heavy atom. The van der Waals surface area contributed by atoms with Gasteiger partial charge in [-0.2, -0.15) is 5.10 Å². The van der Waals surface area contributed by atoms with Crippen LogP contribution in [0.15, 0.2) is 66.1 Å². The quantitative estimate of drug-likeness (QED) is 0.373. The molecule has 0 saturated carbocycles. The molecule has 1 fully saturated rings. The number of likely N-dealkylation sites (tertiary alicyclic amines) is 1. The van der Waals surface area contributed by atoms with Gasteiger partial charge in [-0.1, -0.05) is 18.7 Å². The minimum Gasteiger partial charge on any atom is -0.493 e. The molecule has 0 aliphatic carbocycles. The lowest BCUT2D eigenvalue weighted by atomic mass is 10.0. The van der Waals surface area contributed by atoms with Crippen LogP contribution in [-0.2, 0) is 4.79 Å². The number of anilines is 1. The largest absolute Gasteiger partial charge is 0.493 e. The standard InChI is InChI=1S/C27H26ClN5O4/c1-3-23(34)32-11-5-7-18(14-32)33-15-20(24-25(33)27(35)31-30-26(24)29)16-9-10-21(22(12-16)36-2)37-19-8-4-6-17(28)13-19/h3-4,6,8-10,12-13,15,18,28H,1,5,7,11,14H2,2H3,(H2-,29,30,31,35)/p+1. The van der Waals surface area contributed by atoms with Crippen molar-refractivity contribution in [3.8, 4) is 28.4 Å². The van der Waals surface area contributed by atoms with E-state index < -0.39 is 0 Å². The minimum atomic E-state index is -0.349. The number of rotatable bonds is 6. The molecule has 2 aromatic heterocycles. The monoisotopic (exact) mass is 520 g/mol. The third-order valence-corrected chi connectivity index (χ3v) is 6.82. The molecule has 4 aromatic rings. The third-order valence-electron chi connectivity index (χ3n) is 6.57. The highest BCUT2D eigenvalue weighted by atomic mass is 35.5. The van der Waals surface area contributed by atoms with E-state index in [1.54, 1.807) is 24.1 Å². The van der Waals surface area contributed by atoms with E-state index >= 15 is 0 Å². The number of H-pyrrole nitrogens is 1. The molecule has 3 heterocycles. The molecule has 0 bridgehead atoms. The number of hydrogen-bond acceptors (Lipinski definition) is 6. The number of nitrogen functional groups attached to an aromatic ring is 1. The lowest BCUT2D eigenvalue weighted by molar-refractivity contribution is -0.289. The van der Waals surface area contributed by atoms with Gasteiger partial charge in [-0.3, -0.25) is 9.59 Å². The molecule has 190 valence electrons. The summed E-state index contributed by atoms with van der Waals surface area (Å²) in [6.45, 7) is 4.72. The molecule has 0 spiro atoms. The average Bonchev–Trinajstić information content (AvgIpc) is 3.33. The molecule has 1 atom stereocenters. The van der Waals surface area contributed by atoms with Crippen molar-refractivity contribution < 1.29 is 25.9 Å². The van der Waals surface area contributed by atoms with Crippen molar-refractivity contribution in [2.45, 2.75) is 18.9 Å². The van der Waals surface area contributed by atoms with Gasteiger partial charge in [0.1, 0.15) is 11.3 Å². The summed E-state index contributed by atoms with van der Waals surface area (Å²) < 4.78 is 13.6. The molecule has 37 heavy (non-hydrogen) atoms. The molecule has 3 N–H and O–H groups in total. The zero-order chi connectivity index (χ0) is 26.1. The van der Waals surface area contributed by atoms with Crippen molar-refractivity contribution in [1.29, 1.82) is 0 Å². The average molecular weight is 521 g/mol. The van der Waals surface area contributed by atoms with Crippen LogP contribution in [0, 0.1) is 11.6 Å². The van der Waals surface area contributed by atoms with Crippen molar-refractivity contribution in [3.63, 3.8) is 0 Å². The van der Waals surface area contributed by atoms with Gasteiger partial charge < -0.3 is 24.7 Å². The van der Waals surface area contributed by atoms with Crippen LogP contribution in [0.5, 0.6) is 17.2 Å². The van der Waals surface area contributed by atoms with Gasteiger partial charge in [-0.15, -0.1) is 0 Å². The lowest BCUT2D eigenvalue weighted by Gasteiger charge is -2.33. The number of nitrogens with zero attached hydrogens (tertiary/aromatic N) is 3. The van der Waals surface area contributed by atoms with Gasteiger partial charge in [-0.25, -0.2) is 5.10 Å². The smallest absolute Gasteiger partial charge is 0.288 e. The van der Waals surface area contributed by atoms with Gasteiger partial charge in [-0.05, 0) is 42.7 Å². The van der Waals surface area contributed by atoms with Crippen molar-refractivity contribution in [2.24, 2.45) is 0 Å². The summed E-state index contributed by atoms with van der Waals surface area (Å²) in [6, 6.07) is 12.6. The van der Waals surface area contributed by atoms with Gasteiger partial charge >= 0.3 is 0 Å².